The molecule has 7 heteroatoms. The van der Waals surface area contributed by atoms with Crippen LogP contribution < -0.4 is 10.2 Å². The minimum atomic E-state index is 0.0306. The van der Waals surface area contributed by atoms with Crippen LogP contribution in [0.5, 0.6) is 0 Å². The number of aromatic nitrogens is 3. The second-order valence-electron chi connectivity index (χ2n) is 8.11. The van der Waals surface area contributed by atoms with Crippen LogP contribution in [0.15, 0.2) is 34.9 Å². The molecule has 1 N–H and O–H groups in total. The summed E-state index contributed by atoms with van der Waals surface area (Å²) in [7, 11) is 0. The third kappa shape index (κ3) is 5.40. The van der Waals surface area contributed by atoms with E-state index < -0.39 is 0 Å². The van der Waals surface area contributed by atoms with E-state index in [2.05, 4.69) is 39.4 Å². The molecule has 0 atom stereocenters. The number of hydrogen-bond acceptors (Lipinski definition) is 6. The number of hydrogen-bond donors (Lipinski definition) is 1. The molecule has 1 saturated heterocycles. The number of piperidine rings is 1. The lowest BCUT2D eigenvalue weighted by atomic mass is 10.1. The van der Waals surface area contributed by atoms with Gasteiger partial charge in [-0.25, -0.2) is 4.98 Å². The van der Waals surface area contributed by atoms with Crippen LogP contribution in [0, 0.1) is 0 Å². The fourth-order valence-corrected chi connectivity index (χ4v) is 4.10. The van der Waals surface area contributed by atoms with E-state index in [0.717, 1.165) is 49.2 Å². The topological polar surface area (TPSA) is 84.1 Å². The summed E-state index contributed by atoms with van der Waals surface area (Å²) in [5.74, 6) is 1.59. The van der Waals surface area contributed by atoms with Gasteiger partial charge in [0, 0.05) is 32.5 Å². The summed E-state index contributed by atoms with van der Waals surface area (Å²) in [5.41, 5.74) is 2.73. The van der Waals surface area contributed by atoms with Gasteiger partial charge < -0.3 is 14.7 Å². The van der Waals surface area contributed by atoms with E-state index in [1.807, 2.05) is 18.2 Å². The average Bonchev–Trinajstić information content (AvgIpc) is 3.24. The Bertz CT molecular complexity index is 996. The Balaban J connectivity index is 1.36. The predicted molar refractivity (Wildman–Crippen MR) is 121 cm³/mol. The van der Waals surface area contributed by atoms with Gasteiger partial charge in [0.1, 0.15) is 17.0 Å². The summed E-state index contributed by atoms with van der Waals surface area (Å²) in [6.07, 6.45) is 7.11. The van der Waals surface area contributed by atoms with Gasteiger partial charge in [0.05, 0.1) is 5.69 Å². The van der Waals surface area contributed by atoms with E-state index in [-0.39, 0.29) is 5.91 Å². The molecule has 3 aromatic rings. The van der Waals surface area contributed by atoms with Gasteiger partial charge in [-0.15, -0.1) is 0 Å². The summed E-state index contributed by atoms with van der Waals surface area (Å²) >= 11 is 0. The number of nitrogens with one attached hydrogen (secondary N) is 1. The molecule has 7 nitrogen and oxygen atoms in total. The molecule has 0 unspecified atom stereocenters. The molecule has 0 saturated carbocycles. The number of benzene rings is 1. The molecule has 1 aliphatic heterocycles. The van der Waals surface area contributed by atoms with Gasteiger partial charge in [0.25, 0.3) is 5.71 Å². The number of carbonyl (C=O) groups excluding carboxylic acids is 1. The quantitative estimate of drug-likeness (QED) is 0.528. The maximum atomic E-state index is 12.3. The predicted octanol–water partition coefficient (Wildman–Crippen LogP) is 3.85. The first-order valence-electron chi connectivity index (χ1n) is 11.5. The van der Waals surface area contributed by atoms with Crippen molar-refractivity contribution in [3.8, 4) is 0 Å². The smallest absolute Gasteiger partial charge is 0.263 e. The molecule has 0 bridgehead atoms. The van der Waals surface area contributed by atoms with Crippen LogP contribution in [-0.4, -0.2) is 40.7 Å². The molecule has 1 amide bonds. The summed E-state index contributed by atoms with van der Waals surface area (Å²) in [5, 5.41) is 8.14. The Kier molecular flexibility index (Phi) is 7.12. The molecule has 2 aromatic heterocycles. The van der Waals surface area contributed by atoms with Crippen molar-refractivity contribution in [2.75, 3.05) is 24.5 Å². The zero-order chi connectivity index (χ0) is 21.5. The Labute approximate surface area is 183 Å². The molecule has 0 aliphatic carbocycles. The molecule has 31 heavy (non-hydrogen) atoms. The highest BCUT2D eigenvalue weighted by Gasteiger charge is 2.22. The second-order valence-corrected chi connectivity index (χ2v) is 8.11. The van der Waals surface area contributed by atoms with Crippen LogP contribution in [0.3, 0.4) is 0 Å². The number of nitrogens with zero attached hydrogens (tertiary/aromatic N) is 4. The number of amides is 1. The SMILES string of the molecule is CCc1noc2nc(CCC(=O)NCCCc3ccccc3)nc(N3CCCCC3)c12. The molecular weight excluding hydrogens is 390 g/mol. The number of anilines is 1. The van der Waals surface area contributed by atoms with Crippen molar-refractivity contribution in [1.29, 1.82) is 0 Å². The summed E-state index contributed by atoms with van der Waals surface area (Å²) in [6, 6.07) is 10.3. The van der Waals surface area contributed by atoms with Gasteiger partial charge in [-0.2, -0.15) is 4.98 Å². The summed E-state index contributed by atoms with van der Waals surface area (Å²) in [4.78, 5) is 24.0. The molecular formula is C24H31N5O2. The standard InChI is InChI=1S/C24H31N5O2/c1-2-19-22-23(29-16-7-4-8-17-29)26-20(27-24(22)31-28-19)13-14-21(30)25-15-9-12-18-10-5-3-6-11-18/h3,5-6,10-11H,2,4,7-9,12-17H2,1H3,(H,25,30). The normalized spacial score (nSPS) is 14.2. The van der Waals surface area contributed by atoms with Crippen LogP contribution in [0.1, 0.15) is 56.1 Å². The largest absolute Gasteiger partial charge is 0.356 e. The highest BCUT2D eigenvalue weighted by atomic mass is 16.5. The molecule has 164 valence electrons. The zero-order valence-electron chi connectivity index (χ0n) is 18.3. The van der Waals surface area contributed by atoms with Gasteiger partial charge in [-0.05, 0) is 44.1 Å². The Morgan fingerprint density at radius 3 is 2.68 bits per heavy atom. The van der Waals surface area contributed by atoms with E-state index >= 15 is 0 Å². The molecule has 1 aliphatic rings. The minimum absolute atomic E-state index is 0.0306. The number of carbonyl (C=O) groups is 1. The second kappa shape index (κ2) is 10.4. The maximum absolute atomic E-state index is 12.3. The van der Waals surface area contributed by atoms with E-state index in [4.69, 9.17) is 9.51 Å². The van der Waals surface area contributed by atoms with Gasteiger partial charge >= 0.3 is 0 Å². The number of rotatable bonds is 9. The highest BCUT2D eigenvalue weighted by Crippen LogP contribution is 2.29. The van der Waals surface area contributed by atoms with Gasteiger partial charge in [-0.1, -0.05) is 42.4 Å². The monoisotopic (exact) mass is 421 g/mol. The molecule has 0 spiro atoms. The average molecular weight is 422 g/mol. The van der Waals surface area contributed by atoms with Crippen LogP contribution in [0.25, 0.3) is 11.1 Å². The molecule has 1 fully saturated rings. The third-order valence-corrected chi connectivity index (χ3v) is 5.81. The van der Waals surface area contributed by atoms with Crippen LogP contribution in [0.2, 0.25) is 0 Å². The molecule has 1 aromatic carbocycles. The van der Waals surface area contributed by atoms with Crippen LogP contribution >= 0.6 is 0 Å². The summed E-state index contributed by atoms with van der Waals surface area (Å²) in [6.45, 7) is 4.71. The van der Waals surface area contributed by atoms with E-state index in [9.17, 15) is 4.79 Å². The first kappa shape index (κ1) is 21.3. The number of aryl methyl sites for hydroxylation is 3. The lowest BCUT2D eigenvalue weighted by Gasteiger charge is -2.28. The Hall–Kier alpha value is -2.96. The Morgan fingerprint density at radius 2 is 1.90 bits per heavy atom. The maximum Gasteiger partial charge on any atom is 0.263 e. The van der Waals surface area contributed by atoms with E-state index in [1.165, 1.54) is 24.8 Å². The van der Waals surface area contributed by atoms with Gasteiger partial charge in [0.15, 0.2) is 0 Å². The van der Waals surface area contributed by atoms with Crippen molar-refractivity contribution >= 4 is 22.8 Å². The number of fused-ring (bicyclic) bond motifs is 1. The first-order valence-corrected chi connectivity index (χ1v) is 11.5. The fourth-order valence-electron chi connectivity index (χ4n) is 4.10. The summed E-state index contributed by atoms with van der Waals surface area (Å²) < 4.78 is 5.51. The van der Waals surface area contributed by atoms with Crippen molar-refractivity contribution < 1.29 is 9.32 Å². The Morgan fingerprint density at radius 1 is 1.10 bits per heavy atom. The van der Waals surface area contributed by atoms with Gasteiger partial charge in [0.2, 0.25) is 5.91 Å². The van der Waals surface area contributed by atoms with Crippen molar-refractivity contribution in [3.05, 3.63) is 47.4 Å². The highest BCUT2D eigenvalue weighted by molar-refractivity contribution is 5.88. The van der Waals surface area contributed by atoms with Crippen molar-refractivity contribution in [1.82, 2.24) is 20.4 Å². The third-order valence-electron chi connectivity index (χ3n) is 5.81. The van der Waals surface area contributed by atoms with Crippen LogP contribution in [0.4, 0.5) is 5.82 Å². The van der Waals surface area contributed by atoms with Crippen LogP contribution in [-0.2, 0) is 24.1 Å². The van der Waals surface area contributed by atoms with E-state index in [1.54, 1.807) is 0 Å². The lowest BCUT2D eigenvalue weighted by molar-refractivity contribution is -0.121. The van der Waals surface area contributed by atoms with E-state index in [0.29, 0.717) is 30.9 Å². The fraction of sp³-hybridized carbons (Fsp3) is 0.500. The molecule has 3 heterocycles. The zero-order valence-corrected chi connectivity index (χ0v) is 18.3. The minimum Gasteiger partial charge on any atom is -0.356 e. The lowest BCUT2D eigenvalue weighted by Crippen LogP contribution is -2.31. The van der Waals surface area contributed by atoms with Gasteiger partial charge in [-0.3, -0.25) is 4.79 Å². The molecule has 4 rings (SSSR count). The van der Waals surface area contributed by atoms with Crippen molar-refractivity contribution in [3.63, 3.8) is 0 Å². The molecule has 0 radical (unpaired) electrons. The van der Waals surface area contributed by atoms with Crippen molar-refractivity contribution in [2.45, 2.75) is 58.3 Å². The first-order chi connectivity index (χ1) is 15.2. The van der Waals surface area contributed by atoms with Crippen molar-refractivity contribution in [2.24, 2.45) is 0 Å².